The van der Waals surface area contributed by atoms with E-state index in [0.29, 0.717) is 16.6 Å². The summed E-state index contributed by atoms with van der Waals surface area (Å²) >= 11 is 1.26. The number of aromatic nitrogens is 2. The van der Waals surface area contributed by atoms with Crippen molar-refractivity contribution in [2.45, 2.75) is 0 Å². The molecule has 2 aromatic rings. The molecular formula is C13H13N3O3S. The molecule has 0 atom stereocenters. The van der Waals surface area contributed by atoms with Crippen LogP contribution in [0.3, 0.4) is 0 Å². The predicted octanol–water partition coefficient (Wildman–Crippen LogP) is 2.21. The average molecular weight is 291 g/mol. The fraction of sp³-hybridized carbons (Fsp3) is 0.154. The molecule has 0 aliphatic rings. The van der Waals surface area contributed by atoms with Gasteiger partial charge >= 0.3 is 0 Å². The number of hydrogen-bond acceptors (Lipinski definition) is 6. The summed E-state index contributed by atoms with van der Waals surface area (Å²) in [6.07, 6.45) is 3.07. The molecule has 1 aromatic heterocycles. The first-order chi connectivity index (χ1) is 9.72. The van der Waals surface area contributed by atoms with Gasteiger partial charge in [-0.3, -0.25) is 10.1 Å². The Labute approximate surface area is 120 Å². The van der Waals surface area contributed by atoms with Gasteiger partial charge in [0, 0.05) is 17.7 Å². The van der Waals surface area contributed by atoms with Gasteiger partial charge in [-0.2, -0.15) is 0 Å². The molecule has 0 saturated carbocycles. The number of hydrogen-bond donors (Lipinski definition) is 1. The van der Waals surface area contributed by atoms with Crippen molar-refractivity contribution < 1.29 is 14.3 Å². The van der Waals surface area contributed by atoms with Crippen LogP contribution in [0.1, 0.15) is 5.56 Å². The standard InChI is InChI=1S/C13H13N3O3S/c1-18-10-5-3-9(11(7-10)19-2)4-6-12(17)15-13-16-14-8-20-13/h3-8H,1-2H3,(H,15,16,17). The summed E-state index contributed by atoms with van der Waals surface area (Å²) in [5, 5.41) is 10.4. The molecule has 0 bridgehead atoms. The summed E-state index contributed by atoms with van der Waals surface area (Å²) in [5.41, 5.74) is 2.33. The monoisotopic (exact) mass is 291 g/mol. The third-order valence-electron chi connectivity index (χ3n) is 2.45. The first kappa shape index (κ1) is 14.0. The highest BCUT2D eigenvalue weighted by atomic mass is 32.1. The van der Waals surface area contributed by atoms with Crippen molar-refractivity contribution in [2.24, 2.45) is 0 Å². The Kier molecular flexibility index (Phi) is 4.67. The van der Waals surface area contributed by atoms with Crippen LogP contribution in [0.5, 0.6) is 11.5 Å². The maximum Gasteiger partial charge on any atom is 0.250 e. The van der Waals surface area contributed by atoms with E-state index in [1.807, 2.05) is 6.07 Å². The van der Waals surface area contributed by atoms with E-state index < -0.39 is 0 Å². The molecule has 1 aromatic carbocycles. The second-order valence-corrected chi connectivity index (χ2v) is 4.51. The Morgan fingerprint density at radius 3 is 2.85 bits per heavy atom. The van der Waals surface area contributed by atoms with E-state index in [4.69, 9.17) is 9.47 Å². The zero-order valence-corrected chi connectivity index (χ0v) is 11.8. The van der Waals surface area contributed by atoms with Gasteiger partial charge in [0.1, 0.15) is 17.0 Å². The molecule has 0 unspecified atom stereocenters. The van der Waals surface area contributed by atoms with E-state index in [-0.39, 0.29) is 5.91 Å². The molecule has 0 aliphatic carbocycles. The number of anilines is 1. The van der Waals surface area contributed by atoms with E-state index in [1.54, 1.807) is 37.9 Å². The Bertz CT molecular complexity index is 611. The van der Waals surface area contributed by atoms with Crippen molar-refractivity contribution in [3.05, 3.63) is 35.3 Å². The lowest BCUT2D eigenvalue weighted by atomic mass is 10.1. The zero-order valence-electron chi connectivity index (χ0n) is 11.0. The Hall–Kier alpha value is -2.41. The number of ether oxygens (including phenoxy) is 2. The summed E-state index contributed by atoms with van der Waals surface area (Å²) in [7, 11) is 3.15. The minimum Gasteiger partial charge on any atom is -0.497 e. The SMILES string of the molecule is COc1ccc(C=CC(=O)Nc2nncs2)c(OC)c1. The van der Waals surface area contributed by atoms with Gasteiger partial charge < -0.3 is 9.47 Å². The average Bonchev–Trinajstić information content (AvgIpc) is 2.97. The normalized spacial score (nSPS) is 10.5. The lowest BCUT2D eigenvalue weighted by molar-refractivity contribution is -0.111. The summed E-state index contributed by atoms with van der Waals surface area (Å²) in [6, 6.07) is 5.36. The van der Waals surface area contributed by atoms with Crippen LogP contribution in [0.15, 0.2) is 29.8 Å². The number of carbonyl (C=O) groups excluding carboxylic acids is 1. The minimum absolute atomic E-state index is 0.278. The number of nitrogens with zero attached hydrogens (tertiary/aromatic N) is 2. The highest BCUT2D eigenvalue weighted by molar-refractivity contribution is 7.13. The maximum atomic E-state index is 11.7. The number of rotatable bonds is 5. The molecule has 7 heteroatoms. The van der Waals surface area contributed by atoms with Crippen LogP contribution in [-0.2, 0) is 4.79 Å². The Morgan fingerprint density at radius 1 is 1.35 bits per heavy atom. The molecule has 0 aliphatic heterocycles. The van der Waals surface area contributed by atoms with E-state index in [2.05, 4.69) is 15.5 Å². The van der Waals surface area contributed by atoms with Crippen LogP contribution < -0.4 is 14.8 Å². The molecule has 6 nitrogen and oxygen atoms in total. The molecule has 20 heavy (non-hydrogen) atoms. The highest BCUT2D eigenvalue weighted by Gasteiger charge is 2.04. The predicted molar refractivity (Wildman–Crippen MR) is 77.1 cm³/mol. The van der Waals surface area contributed by atoms with Crippen LogP contribution in [0.25, 0.3) is 6.08 Å². The van der Waals surface area contributed by atoms with Crippen LogP contribution >= 0.6 is 11.3 Å². The number of nitrogens with one attached hydrogen (secondary N) is 1. The molecule has 104 valence electrons. The summed E-state index contributed by atoms with van der Waals surface area (Å²) in [6.45, 7) is 0. The largest absolute Gasteiger partial charge is 0.497 e. The zero-order chi connectivity index (χ0) is 14.4. The second kappa shape index (κ2) is 6.67. The van der Waals surface area contributed by atoms with Gasteiger partial charge in [-0.1, -0.05) is 11.3 Å². The first-order valence-corrected chi connectivity index (χ1v) is 6.58. The van der Waals surface area contributed by atoms with E-state index >= 15 is 0 Å². The molecule has 0 spiro atoms. The van der Waals surface area contributed by atoms with Crippen molar-refractivity contribution in [3.63, 3.8) is 0 Å². The van der Waals surface area contributed by atoms with E-state index in [1.165, 1.54) is 17.4 Å². The fourth-order valence-electron chi connectivity index (χ4n) is 1.50. The maximum absolute atomic E-state index is 11.7. The molecule has 0 fully saturated rings. The summed E-state index contributed by atoms with van der Waals surface area (Å²) < 4.78 is 10.4. The summed E-state index contributed by atoms with van der Waals surface area (Å²) in [4.78, 5) is 11.7. The minimum atomic E-state index is -0.278. The van der Waals surface area contributed by atoms with Gasteiger partial charge in [-0.15, -0.1) is 10.2 Å². The number of methoxy groups -OCH3 is 2. The summed E-state index contributed by atoms with van der Waals surface area (Å²) in [5.74, 6) is 1.04. The van der Waals surface area contributed by atoms with Crippen LogP contribution in [0, 0.1) is 0 Å². The van der Waals surface area contributed by atoms with Gasteiger partial charge in [0.25, 0.3) is 0 Å². The van der Waals surface area contributed by atoms with Crippen molar-refractivity contribution in [1.82, 2.24) is 10.2 Å². The topological polar surface area (TPSA) is 73.3 Å². The lowest BCUT2D eigenvalue weighted by Crippen LogP contribution is -2.07. The van der Waals surface area contributed by atoms with Crippen molar-refractivity contribution in [3.8, 4) is 11.5 Å². The van der Waals surface area contributed by atoms with Gasteiger partial charge in [0.15, 0.2) is 0 Å². The Balaban J connectivity index is 2.08. The van der Waals surface area contributed by atoms with Gasteiger partial charge in [-0.25, -0.2) is 0 Å². The van der Waals surface area contributed by atoms with Gasteiger partial charge in [-0.05, 0) is 18.2 Å². The van der Waals surface area contributed by atoms with Crippen molar-refractivity contribution in [2.75, 3.05) is 19.5 Å². The molecule has 1 N–H and O–H groups in total. The molecule has 2 rings (SSSR count). The third-order valence-corrected chi connectivity index (χ3v) is 3.05. The highest BCUT2D eigenvalue weighted by Crippen LogP contribution is 2.25. The smallest absolute Gasteiger partial charge is 0.250 e. The van der Waals surface area contributed by atoms with Crippen LogP contribution in [0.2, 0.25) is 0 Å². The molecular weight excluding hydrogens is 278 g/mol. The quantitative estimate of drug-likeness (QED) is 0.855. The lowest BCUT2D eigenvalue weighted by Gasteiger charge is -2.07. The van der Waals surface area contributed by atoms with E-state index in [9.17, 15) is 4.79 Å². The van der Waals surface area contributed by atoms with Crippen molar-refractivity contribution >= 4 is 28.5 Å². The number of carbonyl (C=O) groups is 1. The molecule has 0 radical (unpaired) electrons. The first-order valence-electron chi connectivity index (χ1n) is 5.70. The molecule has 1 amide bonds. The number of amides is 1. The van der Waals surface area contributed by atoms with E-state index in [0.717, 1.165) is 5.56 Å². The van der Waals surface area contributed by atoms with Crippen LogP contribution in [-0.4, -0.2) is 30.3 Å². The van der Waals surface area contributed by atoms with Crippen molar-refractivity contribution in [1.29, 1.82) is 0 Å². The number of benzene rings is 1. The molecule has 1 heterocycles. The second-order valence-electron chi connectivity index (χ2n) is 3.67. The van der Waals surface area contributed by atoms with Crippen LogP contribution in [0.4, 0.5) is 5.13 Å². The van der Waals surface area contributed by atoms with Gasteiger partial charge in [0.2, 0.25) is 11.0 Å². The fourth-order valence-corrected chi connectivity index (χ4v) is 1.94. The third kappa shape index (κ3) is 3.55. The van der Waals surface area contributed by atoms with Gasteiger partial charge in [0.05, 0.1) is 14.2 Å². The molecule has 0 saturated heterocycles. The Morgan fingerprint density at radius 2 is 2.20 bits per heavy atom.